The fourth-order valence-corrected chi connectivity index (χ4v) is 3.42. The molecule has 0 amide bonds. The highest BCUT2D eigenvalue weighted by Gasteiger charge is 2.42. The van der Waals surface area contributed by atoms with Crippen molar-refractivity contribution in [3.05, 3.63) is 46.5 Å². The van der Waals surface area contributed by atoms with Crippen LogP contribution in [-0.2, 0) is 24.7 Å². The van der Waals surface area contributed by atoms with Gasteiger partial charge in [-0.3, -0.25) is 0 Å². The van der Waals surface area contributed by atoms with Crippen LogP contribution in [0, 0.1) is 0 Å². The molecule has 31 heavy (non-hydrogen) atoms. The molecule has 0 saturated carbocycles. The van der Waals surface area contributed by atoms with E-state index in [1.54, 1.807) is 0 Å². The molecular weight excluding hydrogens is 480 g/mol. The predicted octanol–water partition coefficient (Wildman–Crippen LogP) is 7.08. The van der Waals surface area contributed by atoms with Gasteiger partial charge in [-0.25, -0.2) is 0 Å². The zero-order valence-electron chi connectivity index (χ0n) is 14.4. The van der Waals surface area contributed by atoms with Gasteiger partial charge in [-0.2, -0.15) is 52.7 Å². The highest BCUT2D eigenvalue weighted by molar-refractivity contribution is 7.99. The lowest BCUT2D eigenvalue weighted by Crippen LogP contribution is -2.16. The molecule has 172 valence electrons. The average Bonchev–Trinajstić information content (AvgIpc) is 2.53. The summed E-state index contributed by atoms with van der Waals surface area (Å²) in [7, 11) is 0. The van der Waals surface area contributed by atoms with Crippen LogP contribution in [0.4, 0.5) is 64.1 Å². The van der Waals surface area contributed by atoms with E-state index >= 15 is 0 Å². The number of hydrogen-bond acceptors (Lipinski definition) is 3. The third-order valence-electron chi connectivity index (χ3n) is 3.76. The van der Waals surface area contributed by atoms with Crippen molar-refractivity contribution in [2.75, 3.05) is 11.5 Å². The summed E-state index contributed by atoms with van der Waals surface area (Å²) < 4.78 is 157. The molecule has 0 saturated heterocycles. The van der Waals surface area contributed by atoms with Crippen molar-refractivity contribution in [1.29, 1.82) is 0 Å². The predicted molar refractivity (Wildman–Crippen MR) is 85.8 cm³/mol. The minimum absolute atomic E-state index is 0.0894. The van der Waals surface area contributed by atoms with E-state index in [4.69, 9.17) is 11.5 Å². The van der Waals surface area contributed by atoms with Crippen molar-refractivity contribution in [2.45, 2.75) is 34.5 Å². The van der Waals surface area contributed by atoms with E-state index in [9.17, 15) is 52.7 Å². The molecule has 0 atom stereocenters. The van der Waals surface area contributed by atoms with Gasteiger partial charge in [0.1, 0.15) is 0 Å². The van der Waals surface area contributed by atoms with E-state index < -0.39 is 68.1 Å². The van der Waals surface area contributed by atoms with Crippen molar-refractivity contribution in [3.8, 4) is 0 Å². The standard InChI is InChI=1S/C16H8F12N2S/c17-13(18,19)7-1-5(2-8(11(7)29)14(20,21)22)31-6-3-9(15(23,24)25)12(30)10(4-6)16(26,27)28/h1-4H,29-30H2. The summed E-state index contributed by atoms with van der Waals surface area (Å²) in [5, 5.41) is 0. The first kappa shape index (κ1) is 24.8. The Balaban J connectivity index is 2.73. The number of rotatable bonds is 2. The SMILES string of the molecule is Nc1c(C(F)(F)F)cc(Sc2cc(C(F)(F)F)c(N)c(C(F)(F)F)c2)cc1C(F)(F)F. The summed E-state index contributed by atoms with van der Waals surface area (Å²) in [6.45, 7) is 0. The molecule has 4 N–H and O–H groups in total. The summed E-state index contributed by atoms with van der Waals surface area (Å²) in [5.74, 6) is 0. The third kappa shape index (κ3) is 5.43. The van der Waals surface area contributed by atoms with Crippen LogP contribution < -0.4 is 11.5 Å². The molecule has 0 aliphatic rings. The molecule has 0 bridgehead atoms. The molecule has 2 rings (SSSR count). The Bertz CT molecular complexity index is 837. The second-order valence-corrected chi connectivity index (χ2v) is 7.10. The normalized spacial score (nSPS) is 13.5. The summed E-state index contributed by atoms with van der Waals surface area (Å²) in [4.78, 5) is -1.89. The Labute approximate surface area is 169 Å². The minimum atomic E-state index is -5.38. The first-order valence-corrected chi connectivity index (χ1v) is 8.38. The molecule has 0 aromatic heterocycles. The Morgan fingerprint density at radius 2 is 0.645 bits per heavy atom. The quantitative estimate of drug-likeness (QED) is 0.351. The van der Waals surface area contributed by atoms with Crippen LogP contribution in [0.1, 0.15) is 22.3 Å². The van der Waals surface area contributed by atoms with Gasteiger partial charge in [0.15, 0.2) is 0 Å². The second kappa shape index (κ2) is 7.60. The average molecular weight is 488 g/mol. The number of nitrogen functional groups attached to an aromatic ring is 2. The van der Waals surface area contributed by atoms with Crippen LogP contribution in [0.25, 0.3) is 0 Å². The molecule has 2 aromatic carbocycles. The second-order valence-electron chi connectivity index (χ2n) is 5.96. The first-order valence-electron chi connectivity index (χ1n) is 7.56. The molecule has 15 heteroatoms. The van der Waals surface area contributed by atoms with Crippen molar-refractivity contribution < 1.29 is 52.7 Å². The molecule has 0 aliphatic heterocycles. The van der Waals surface area contributed by atoms with Gasteiger partial charge in [0.25, 0.3) is 0 Å². The van der Waals surface area contributed by atoms with Crippen molar-refractivity contribution in [3.63, 3.8) is 0 Å². The van der Waals surface area contributed by atoms with E-state index in [2.05, 4.69) is 0 Å². The smallest absolute Gasteiger partial charge is 0.398 e. The third-order valence-corrected chi connectivity index (χ3v) is 4.71. The lowest BCUT2D eigenvalue weighted by atomic mass is 10.1. The molecule has 0 unspecified atom stereocenters. The summed E-state index contributed by atoms with van der Waals surface area (Å²) in [6.07, 6.45) is -21.5. The molecule has 0 fully saturated rings. The highest BCUT2D eigenvalue weighted by Crippen LogP contribution is 2.47. The zero-order valence-corrected chi connectivity index (χ0v) is 15.2. The van der Waals surface area contributed by atoms with Gasteiger partial charge < -0.3 is 11.5 Å². The van der Waals surface area contributed by atoms with E-state index in [1.165, 1.54) is 0 Å². The maximum absolute atomic E-state index is 13.1. The largest absolute Gasteiger partial charge is 0.418 e. The van der Waals surface area contributed by atoms with Crippen molar-refractivity contribution in [2.24, 2.45) is 0 Å². The van der Waals surface area contributed by atoms with Gasteiger partial charge in [0, 0.05) is 9.79 Å². The van der Waals surface area contributed by atoms with Gasteiger partial charge in [-0.1, -0.05) is 11.8 Å². The monoisotopic (exact) mass is 488 g/mol. The lowest BCUT2D eigenvalue weighted by molar-refractivity contribution is -0.143. The van der Waals surface area contributed by atoms with Crippen molar-refractivity contribution >= 4 is 23.1 Å². The Morgan fingerprint density at radius 3 is 0.806 bits per heavy atom. The van der Waals surface area contributed by atoms with Gasteiger partial charge >= 0.3 is 24.7 Å². The van der Waals surface area contributed by atoms with Gasteiger partial charge in [-0.05, 0) is 24.3 Å². The van der Waals surface area contributed by atoms with Crippen LogP contribution in [0.3, 0.4) is 0 Å². The molecule has 2 nitrogen and oxygen atoms in total. The van der Waals surface area contributed by atoms with Crippen LogP contribution in [-0.4, -0.2) is 0 Å². The topological polar surface area (TPSA) is 52.0 Å². The van der Waals surface area contributed by atoms with E-state index in [0.29, 0.717) is 0 Å². The van der Waals surface area contributed by atoms with E-state index in [0.717, 1.165) is 0 Å². The number of hydrogen-bond donors (Lipinski definition) is 2. The Morgan fingerprint density at radius 1 is 0.452 bits per heavy atom. The number of benzene rings is 2. The summed E-state index contributed by atoms with van der Waals surface area (Å²) in [5.41, 5.74) is -1.31. The first-order chi connectivity index (χ1) is 13.7. The van der Waals surface area contributed by atoms with Crippen LogP contribution in [0.5, 0.6) is 0 Å². The van der Waals surface area contributed by atoms with Crippen LogP contribution in [0.2, 0.25) is 0 Å². The van der Waals surface area contributed by atoms with Gasteiger partial charge in [0.05, 0.1) is 33.6 Å². The molecule has 0 radical (unpaired) electrons. The van der Waals surface area contributed by atoms with Crippen molar-refractivity contribution in [1.82, 2.24) is 0 Å². The fourth-order valence-electron chi connectivity index (χ4n) is 2.45. The zero-order chi connectivity index (χ0) is 24.2. The lowest BCUT2D eigenvalue weighted by Gasteiger charge is -2.19. The van der Waals surface area contributed by atoms with Gasteiger partial charge in [-0.15, -0.1) is 0 Å². The molecule has 0 spiro atoms. The summed E-state index contributed by atoms with van der Waals surface area (Å²) >= 11 is -0.185. The number of halogens is 12. The highest BCUT2D eigenvalue weighted by atomic mass is 32.2. The molecule has 0 heterocycles. The van der Waals surface area contributed by atoms with E-state index in [1.807, 2.05) is 0 Å². The maximum Gasteiger partial charge on any atom is 0.418 e. The summed E-state index contributed by atoms with van der Waals surface area (Å²) in [6, 6.07) is 0.358. The Hall–Kier alpha value is -2.45. The van der Waals surface area contributed by atoms with Crippen LogP contribution in [0.15, 0.2) is 34.1 Å². The number of alkyl halides is 12. The molecular formula is C16H8F12N2S. The minimum Gasteiger partial charge on any atom is -0.398 e. The maximum atomic E-state index is 13.1. The molecule has 2 aromatic rings. The number of anilines is 2. The molecule has 0 aliphatic carbocycles. The Kier molecular flexibility index (Phi) is 6.08. The van der Waals surface area contributed by atoms with E-state index in [-0.39, 0.29) is 36.0 Å². The fraction of sp³-hybridized carbons (Fsp3) is 0.250. The number of nitrogens with two attached hydrogens (primary N) is 2. The van der Waals surface area contributed by atoms with Crippen LogP contribution >= 0.6 is 11.8 Å². The van der Waals surface area contributed by atoms with Gasteiger partial charge in [0.2, 0.25) is 0 Å².